The maximum Gasteiger partial charge on any atom is 0.265 e. The van der Waals surface area contributed by atoms with Gasteiger partial charge in [-0.1, -0.05) is 34.8 Å². The van der Waals surface area contributed by atoms with E-state index in [1.165, 1.54) is 11.3 Å². The maximum absolute atomic E-state index is 12.8. The van der Waals surface area contributed by atoms with Gasteiger partial charge in [0.25, 0.3) is 5.91 Å². The summed E-state index contributed by atoms with van der Waals surface area (Å²) in [5, 5.41) is 4.76. The van der Waals surface area contributed by atoms with Crippen molar-refractivity contribution in [3.05, 3.63) is 80.6 Å². The zero-order valence-corrected chi connectivity index (χ0v) is 20.8. The second-order valence-corrected chi connectivity index (χ2v) is 11.2. The molecule has 4 aromatic rings. The number of anilines is 2. The van der Waals surface area contributed by atoms with E-state index < -0.39 is 10.0 Å². The van der Waals surface area contributed by atoms with Crippen LogP contribution in [0, 0.1) is 0 Å². The molecule has 3 aromatic carbocycles. The third-order valence-corrected chi connectivity index (χ3v) is 6.62. The van der Waals surface area contributed by atoms with Gasteiger partial charge in [0.15, 0.2) is 0 Å². The molecule has 170 valence electrons. The van der Waals surface area contributed by atoms with Crippen molar-refractivity contribution in [2.75, 3.05) is 16.3 Å². The van der Waals surface area contributed by atoms with Gasteiger partial charge in [-0.05, 0) is 60.0 Å². The molecule has 33 heavy (non-hydrogen) atoms. The minimum atomic E-state index is -3.40. The fraction of sp³-hybridized carbons (Fsp3) is 0.0455. The minimum Gasteiger partial charge on any atom is -0.457 e. The standard InChI is InChI=1S/C22H15Cl3N2O4S2/c1-33(29,30)27-16-2-3-20-12(4-16)5-21(32-20)22(28)26-17-7-15(25)10-19(11-17)31-18-8-13(23)6-14(24)9-18/h2-11,27H,1H3,(H,26,28). The number of sulfonamides is 1. The number of fused-ring (bicyclic) bond motifs is 1. The predicted octanol–water partition coefficient (Wildman–Crippen LogP) is 7.28. The van der Waals surface area contributed by atoms with Crippen LogP contribution in [0.15, 0.2) is 60.7 Å². The first-order valence-corrected chi connectivity index (χ1v) is 13.2. The molecule has 0 unspecified atom stereocenters. The number of rotatable bonds is 6. The molecule has 0 radical (unpaired) electrons. The quantitative estimate of drug-likeness (QED) is 0.269. The van der Waals surface area contributed by atoms with Crippen LogP contribution in [0.4, 0.5) is 11.4 Å². The zero-order valence-electron chi connectivity index (χ0n) is 16.9. The van der Waals surface area contributed by atoms with E-state index >= 15 is 0 Å². The van der Waals surface area contributed by atoms with Gasteiger partial charge in [-0.15, -0.1) is 11.3 Å². The number of thiophene rings is 1. The maximum atomic E-state index is 12.8. The fourth-order valence-electron chi connectivity index (χ4n) is 3.04. The highest BCUT2D eigenvalue weighted by atomic mass is 35.5. The summed E-state index contributed by atoms with van der Waals surface area (Å²) in [6, 6.07) is 16.4. The summed E-state index contributed by atoms with van der Waals surface area (Å²) in [6.45, 7) is 0. The van der Waals surface area contributed by atoms with Gasteiger partial charge in [0.1, 0.15) is 11.5 Å². The summed E-state index contributed by atoms with van der Waals surface area (Å²) in [4.78, 5) is 13.3. The monoisotopic (exact) mass is 540 g/mol. The van der Waals surface area contributed by atoms with Crippen molar-refractivity contribution in [3.63, 3.8) is 0 Å². The number of ether oxygens (including phenoxy) is 1. The molecule has 4 rings (SSSR count). The Morgan fingerprint density at radius 1 is 0.848 bits per heavy atom. The molecular formula is C22H15Cl3N2O4S2. The first-order valence-electron chi connectivity index (χ1n) is 9.31. The van der Waals surface area contributed by atoms with Gasteiger partial charge >= 0.3 is 0 Å². The van der Waals surface area contributed by atoms with Crippen molar-refractivity contribution in [1.82, 2.24) is 0 Å². The lowest BCUT2D eigenvalue weighted by Crippen LogP contribution is -2.10. The number of benzene rings is 3. The Hall–Kier alpha value is -2.49. The summed E-state index contributed by atoms with van der Waals surface area (Å²) in [6.07, 6.45) is 1.08. The molecule has 0 fully saturated rings. The lowest BCUT2D eigenvalue weighted by atomic mass is 10.2. The highest BCUT2D eigenvalue weighted by Crippen LogP contribution is 2.33. The van der Waals surface area contributed by atoms with Crippen LogP contribution in [-0.2, 0) is 10.0 Å². The van der Waals surface area contributed by atoms with Crippen LogP contribution in [0.1, 0.15) is 9.67 Å². The molecule has 0 aliphatic carbocycles. The van der Waals surface area contributed by atoms with E-state index in [2.05, 4.69) is 10.0 Å². The van der Waals surface area contributed by atoms with Crippen molar-refractivity contribution >= 4 is 83.5 Å². The second-order valence-electron chi connectivity index (χ2n) is 7.07. The third-order valence-electron chi connectivity index (χ3n) is 4.24. The summed E-state index contributed by atoms with van der Waals surface area (Å²) in [5.41, 5.74) is 0.861. The molecule has 0 saturated heterocycles. The van der Waals surface area contributed by atoms with Gasteiger partial charge in [0, 0.05) is 37.2 Å². The van der Waals surface area contributed by atoms with E-state index in [0.29, 0.717) is 42.8 Å². The number of hydrogen-bond donors (Lipinski definition) is 2. The normalized spacial score (nSPS) is 11.4. The van der Waals surface area contributed by atoms with Gasteiger partial charge in [-0.25, -0.2) is 8.42 Å². The lowest BCUT2D eigenvalue weighted by molar-refractivity contribution is 0.103. The molecule has 0 aliphatic rings. The van der Waals surface area contributed by atoms with Crippen LogP contribution in [0.5, 0.6) is 11.5 Å². The number of hydrogen-bond acceptors (Lipinski definition) is 5. The number of amides is 1. The van der Waals surface area contributed by atoms with Crippen molar-refractivity contribution in [2.45, 2.75) is 0 Å². The first-order chi connectivity index (χ1) is 15.5. The smallest absolute Gasteiger partial charge is 0.265 e. The molecule has 0 spiro atoms. The molecule has 0 saturated carbocycles. The molecule has 0 atom stereocenters. The molecular weight excluding hydrogens is 527 g/mol. The highest BCUT2D eigenvalue weighted by molar-refractivity contribution is 7.92. The van der Waals surface area contributed by atoms with E-state index in [1.807, 2.05) is 0 Å². The van der Waals surface area contributed by atoms with E-state index in [1.54, 1.807) is 60.7 Å². The second kappa shape index (κ2) is 9.40. The molecule has 11 heteroatoms. The van der Waals surface area contributed by atoms with Gasteiger partial charge < -0.3 is 10.1 Å². The van der Waals surface area contributed by atoms with Crippen LogP contribution in [0.25, 0.3) is 10.1 Å². The fourth-order valence-corrected chi connectivity index (χ4v) is 5.27. The topological polar surface area (TPSA) is 84.5 Å². The van der Waals surface area contributed by atoms with E-state index in [4.69, 9.17) is 39.5 Å². The average molecular weight is 542 g/mol. The van der Waals surface area contributed by atoms with Crippen molar-refractivity contribution in [3.8, 4) is 11.5 Å². The first kappa shape index (κ1) is 23.7. The number of nitrogens with one attached hydrogen (secondary N) is 2. The van der Waals surface area contributed by atoms with Crippen molar-refractivity contribution in [1.29, 1.82) is 0 Å². The predicted molar refractivity (Wildman–Crippen MR) is 136 cm³/mol. The van der Waals surface area contributed by atoms with Crippen molar-refractivity contribution < 1.29 is 17.9 Å². The average Bonchev–Trinajstić information content (AvgIpc) is 3.09. The van der Waals surface area contributed by atoms with Crippen molar-refractivity contribution in [2.24, 2.45) is 0 Å². The van der Waals surface area contributed by atoms with Crippen LogP contribution in [0.3, 0.4) is 0 Å². The molecule has 0 aliphatic heterocycles. The largest absolute Gasteiger partial charge is 0.457 e. The third kappa shape index (κ3) is 6.31. The summed E-state index contributed by atoms with van der Waals surface area (Å²) in [7, 11) is -3.40. The number of carbonyl (C=O) groups excluding carboxylic acids is 1. The SMILES string of the molecule is CS(=O)(=O)Nc1ccc2sc(C(=O)Nc3cc(Cl)cc(Oc4cc(Cl)cc(Cl)c4)c3)cc2c1. The lowest BCUT2D eigenvalue weighted by Gasteiger charge is -2.10. The molecule has 1 amide bonds. The summed E-state index contributed by atoms with van der Waals surface area (Å²) >= 11 is 19.5. The Balaban J connectivity index is 1.55. The Morgan fingerprint density at radius 2 is 1.48 bits per heavy atom. The highest BCUT2D eigenvalue weighted by Gasteiger charge is 2.13. The van der Waals surface area contributed by atoms with Gasteiger partial charge in [-0.3, -0.25) is 9.52 Å². The summed E-state index contributed by atoms with van der Waals surface area (Å²) in [5.74, 6) is 0.479. The Bertz CT molecular complexity index is 1470. The van der Waals surface area contributed by atoms with E-state index in [9.17, 15) is 13.2 Å². The molecule has 0 bridgehead atoms. The van der Waals surface area contributed by atoms with Gasteiger partial charge in [0.2, 0.25) is 10.0 Å². The van der Waals surface area contributed by atoms with E-state index in [0.717, 1.165) is 16.3 Å². The Morgan fingerprint density at radius 3 is 2.15 bits per heavy atom. The zero-order chi connectivity index (χ0) is 23.8. The van der Waals surface area contributed by atoms with Gasteiger partial charge in [-0.2, -0.15) is 0 Å². The molecule has 6 nitrogen and oxygen atoms in total. The van der Waals surface area contributed by atoms with Crippen LogP contribution in [-0.4, -0.2) is 20.6 Å². The number of halogens is 3. The Labute approximate surface area is 209 Å². The van der Waals surface area contributed by atoms with Gasteiger partial charge in [0.05, 0.1) is 11.1 Å². The van der Waals surface area contributed by atoms with Crippen LogP contribution >= 0.6 is 46.1 Å². The van der Waals surface area contributed by atoms with Crippen LogP contribution in [0.2, 0.25) is 15.1 Å². The molecule has 1 heterocycles. The number of carbonyl (C=O) groups is 1. The molecule has 2 N–H and O–H groups in total. The minimum absolute atomic E-state index is 0.340. The summed E-state index contributed by atoms with van der Waals surface area (Å²) < 4.78 is 32.0. The van der Waals surface area contributed by atoms with Crippen LogP contribution < -0.4 is 14.8 Å². The molecule has 1 aromatic heterocycles. The van der Waals surface area contributed by atoms with E-state index in [-0.39, 0.29) is 5.91 Å². The Kier molecular flexibility index (Phi) is 6.74.